The van der Waals surface area contributed by atoms with E-state index in [0.29, 0.717) is 17.1 Å². The summed E-state index contributed by atoms with van der Waals surface area (Å²) in [5.74, 6) is 0. The lowest BCUT2D eigenvalue weighted by Crippen LogP contribution is -2.24. The van der Waals surface area contributed by atoms with Crippen molar-refractivity contribution in [2.24, 2.45) is 0 Å². The molecule has 3 nitrogen and oxygen atoms in total. The number of aromatic nitrogens is 2. The standard InChI is InChI=1S/C9H13ClN2O/c1-3-4-5-12-9(13)7(2)8(10)6-11-12/h6H,3-5H2,1-2H3. The largest absolute Gasteiger partial charge is 0.271 e. The predicted octanol–water partition coefficient (Wildman–Crippen LogP) is 2.01. The average molecular weight is 201 g/mol. The highest BCUT2D eigenvalue weighted by Crippen LogP contribution is 2.07. The molecule has 1 aromatic heterocycles. The van der Waals surface area contributed by atoms with Crippen molar-refractivity contribution in [2.75, 3.05) is 0 Å². The molecule has 0 bridgehead atoms. The van der Waals surface area contributed by atoms with E-state index in [2.05, 4.69) is 12.0 Å². The van der Waals surface area contributed by atoms with Crippen LogP contribution in [0.4, 0.5) is 0 Å². The molecule has 0 aliphatic rings. The molecular weight excluding hydrogens is 188 g/mol. The van der Waals surface area contributed by atoms with Crippen LogP contribution >= 0.6 is 11.6 Å². The number of hydrogen-bond acceptors (Lipinski definition) is 2. The van der Waals surface area contributed by atoms with Crippen molar-refractivity contribution < 1.29 is 0 Å². The number of aryl methyl sites for hydroxylation is 1. The lowest BCUT2D eigenvalue weighted by Gasteiger charge is -2.04. The molecule has 0 radical (unpaired) electrons. The molecule has 4 heteroatoms. The van der Waals surface area contributed by atoms with E-state index < -0.39 is 0 Å². The summed E-state index contributed by atoms with van der Waals surface area (Å²) in [6, 6.07) is 0. The van der Waals surface area contributed by atoms with Crippen molar-refractivity contribution >= 4 is 11.6 Å². The molecule has 0 N–H and O–H groups in total. The Hall–Kier alpha value is -0.830. The van der Waals surface area contributed by atoms with Crippen LogP contribution in [0.3, 0.4) is 0 Å². The molecule has 0 amide bonds. The SMILES string of the molecule is CCCCn1ncc(Cl)c(C)c1=O. The molecule has 0 aliphatic carbocycles. The molecule has 0 fully saturated rings. The summed E-state index contributed by atoms with van der Waals surface area (Å²) in [6.07, 6.45) is 3.54. The topological polar surface area (TPSA) is 34.9 Å². The van der Waals surface area contributed by atoms with Crippen LogP contribution in [-0.4, -0.2) is 9.78 Å². The zero-order valence-electron chi connectivity index (χ0n) is 7.88. The molecule has 0 spiro atoms. The van der Waals surface area contributed by atoms with Crippen LogP contribution in [-0.2, 0) is 6.54 Å². The van der Waals surface area contributed by atoms with Gasteiger partial charge in [-0.05, 0) is 13.3 Å². The summed E-state index contributed by atoms with van der Waals surface area (Å²) in [7, 11) is 0. The molecule has 0 aliphatic heterocycles. The zero-order valence-corrected chi connectivity index (χ0v) is 8.64. The van der Waals surface area contributed by atoms with Crippen molar-refractivity contribution in [3.63, 3.8) is 0 Å². The molecule has 72 valence electrons. The summed E-state index contributed by atoms with van der Waals surface area (Å²) in [6.45, 7) is 4.47. The van der Waals surface area contributed by atoms with E-state index in [9.17, 15) is 4.79 Å². The Kier molecular flexibility index (Phi) is 3.48. The van der Waals surface area contributed by atoms with E-state index in [1.807, 2.05) is 0 Å². The fourth-order valence-corrected chi connectivity index (χ4v) is 1.16. The number of halogens is 1. The van der Waals surface area contributed by atoms with E-state index in [0.717, 1.165) is 12.8 Å². The molecule has 0 unspecified atom stereocenters. The summed E-state index contributed by atoms with van der Waals surface area (Å²) in [5.41, 5.74) is 0.494. The smallest absolute Gasteiger partial charge is 0.267 e. The van der Waals surface area contributed by atoms with Crippen molar-refractivity contribution in [3.05, 3.63) is 27.1 Å². The van der Waals surface area contributed by atoms with Crippen molar-refractivity contribution in [1.82, 2.24) is 9.78 Å². The predicted molar refractivity (Wildman–Crippen MR) is 53.2 cm³/mol. The summed E-state index contributed by atoms with van der Waals surface area (Å²) < 4.78 is 1.46. The maximum absolute atomic E-state index is 11.5. The monoisotopic (exact) mass is 200 g/mol. The maximum atomic E-state index is 11.5. The summed E-state index contributed by atoms with van der Waals surface area (Å²) >= 11 is 5.74. The van der Waals surface area contributed by atoms with Crippen LogP contribution in [0.5, 0.6) is 0 Å². The van der Waals surface area contributed by atoms with E-state index >= 15 is 0 Å². The Morgan fingerprint density at radius 2 is 2.31 bits per heavy atom. The Labute approximate surface area is 82.3 Å². The molecule has 1 heterocycles. The molecule has 0 aromatic carbocycles. The van der Waals surface area contributed by atoms with E-state index in [-0.39, 0.29) is 5.56 Å². The fraction of sp³-hybridized carbons (Fsp3) is 0.556. The van der Waals surface area contributed by atoms with Crippen molar-refractivity contribution in [1.29, 1.82) is 0 Å². The number of hydrogen-bond donors (Lipinski definition) is 0. The van der Waals surface area contributed by atoms with Crippen LogP contribution in [0.25, 0.3) is 0 Å². The second kappa shape index (κ2) is 4.42. The third-order valence-corrected chi connectivity index (χ3v) is 2.33. The number of rotatable bonds is 3. The van der Waals surface area contributed by atoms with E-state index in [1.54, 1.807) is 6.92 Å². The van der Waals surface area contributed by atoms with Gasteiger partial charge in [0, 0.05) is 12.1 Å². The van der Waals surface area contributed by atoms with Crippen molar-refractivity contribution in [2.45, 2.75) is 33.2 Å². The third-order valence-electron chi connectivity index (χ3n) is 1.95. The minimum absolute atomic E-state index is 0.0825. The lowest BCUT2D eigenvalue weighted by molar-refractivity contribution is 0.540. The summed E-state index contributed by atoms with van der Waals surface area (Å²) in [5, 5.41) is 4.39. The second-order valence-electron chi connectivity index (χ2n) is 3.00. The maximum Gasteiger partial charge on any atom is 0.271 e. The zero-order chi connectivity index (χ0) is 9.84. The lowest BCUT2D eigenvalue weighted by atomic mass is 10.3. The van der Waals surface area contributed by atoms with Gasteiger partial charge in [-0.2, -0.15) is 5.10 Å². The third kappa shape index (κ3) is 2.31. The highest BCUT2D eigenvalue weighted by atomic mass is 35.5. The van der Waals surface area contributed by atoms with Gasteiger partial charge in [0.15, 0.2) is 0 Å². The van der Waals surface area contributed by atoms with Gasteiger partial charge in [-0.1, -0.05) is 24.9 Å². The average Bonchev–Trinajstić information content (AvgIpc) is 2.13. The molecule has 13 heavy (non-hydrogen) atoms. The molecular formula is C9H13ClN2O. The first-order valence-electron chi connectivity index (χ1n) is 4.39. The molecule has 1 aromatic rings. The van der Waals surface area contributed by atoms with Gasteiger partial charge in [-0.15, -0.1) is 0 Å². The Morgan fingerprint density at radius 3 is 2.92 bits per heavy atom. The first-order valence-corrected chi connectivity index (χ1v) is 4.76. The van der Waals surface area contributed by atoms with Crippen LogP contribution < -0.4 is 5.56 Å². The number of unbranched alkanes of at least 4 members (excludes halogenated alkanes) is 1. The Bertz CT molecular complexity index is 346. The summed E-state index contributed by atoms with van der Waals surface area (Å²) in [4.78, 5) is 11.5. The molecule has 1 rings (SSSR count). The molecule has 0 saturated carbocycles. The number of nitrogens with zero attached hydrogens (tertiary/aromatic N) is 2. The molecule has 0 atom stereocenters. The quantitative estimate of drug-likeness (QED) is 0.748. The van der Waals surface area contributed by atoms with Gasteiger partial charge >= 0.3 is 0 Å². The van der Waals surface area contributed by atoms with Gasteiger partial charge < -0.3 is 0 Å². The Balaban J connectivity index is 2.97. The second-order valence-corrected chi connectivity index (χ2v) is 3.41. The first-order chi connectivity index (χ1) is 6.16. The van der Waals surface area contributed by atoms with Crippen molar-refractivity contribution in [3.8, 4) is 0 Å². The van der Waals surface area contributed by atoms with Gasteiger partial charge in [-0.3, -0.25) is 4.79 Å². The van der Waals surface area contributed by atoms with Gasteiger partial charge in [0.25, 0.3) is 5.56 Å². The highest BCUT2D eigenvalue weighted by molar-refractivity contribution is 6.31. The van der Waals surface area contributed by atoms with Crippen LogP contribution in [0, 0.1) is 6.92 Å². The van der Waals surface area contributed by atoms with Gasteiger partial charge in [-0.25, -0.2) is 4.68 Å². The van der Waals surface area contributed by atoms with Gasteiger partial charge in [0.2, 0.25) is 0 Å². The Morgan fingerprint density at radius 1 is 1.62 bits per heavy atom. The fourth-order valence-electron chi connectivity index (χ4n) is 1.03. The van der Waals surface area contributed by atoms with Gasteiger partial charge in [0.1, 0.15) is 0 Å². The normalized spacial score (nSPS) is 10.4. The van der Waals surface area contributed by atoms with E-state index in [1.165, 1.54) is 10.9 Å². The van der Waals surface area contributed by atoms with Crippen LogP contribution in [0.15, 0.2) is 11.0 Å². The van der Waals surface area contributed by atoms with E-state index in [4.69, 9.17) is 11.6 Å². The van der Waals surface area contributed by atoms with Crippen LogP contribution in [0.2, 0.25) is 5.02 Å². The molecule has 0 saturated heterocycles. The minimum Gasteiger partial charge on any atom is -0.267 e. The van der Waals surface area contributed by atoms with Crippen LogP contribution in [0.1, 0.15) is 25.3 Å². The minimum atomic E-state index is -0.0825. The van der Waals surface area contributed by atoms with Gasteiger partial charge in [0.05, 0.1) is 11.2 Å². The highest BCUT2D eigenvalue weighted by Gasteiger charge is 2.03. The first kappa shape index (κ1) is 10.3.